The molecule has 0 unspecified atom stereocenters. The minimum absolute atomic E-state index is 0.0509. The van der Waals surface area contributed by atoms with Crippen LogP contribution in [0.5, 0.6) is 0 Å². The number of rotatable bonds is 14. The first-order valence-corrected chi connectivity index (χ1v) is 19.5. The Morgan fingerprint density at radius 1 is 0.939 bits per heavy atom. The maximum atomic E-state index is 14.1. The summed E-state index contributed by atoms with van der Waals surface area (Å²) in [5, 5.41) is 8.71. The van der Waals surface area contributed by atoms with Gasteiger partial charge in [-0.3, -0.25) is 14.4 Å². The van der Waals surface area contributed by atoms with Gasteiger partial charge in [-0.15, -0.1) is 0 Å². The molecule has 2 aromatic carbocycles. The lowest BCUT2D eigenvalue weighted by Gasteiger charge is -2.64. The molecule has 3 saturated carbocycles. The summed E-state index contributed by atoms with van der Waals surface area (Å²) in [5.41, 5.74) is 1.49. The Labute approximate surface area is 291 Å². The highest BCUT2D eigenvalue weighted by Gasteiger charge is 2.68. The van der Waals surface area contributed by atoms with Crippen LogP contribution in [0.1, 0.15) is 99.9 Å². The summed E-state index contributed by atoms with van der Waals surface area (Å²) in [4.78, 5) is 40.7. The van der Waals surface area contributed by atoms with E-state index in [1.54, 1.807) is 12.1 Å². The molecule has 4 aliphatic rings. The van der Waals surface area contributed by atoms with Gasteiger partial charge >= 0.3 is 7.12 Å². The molecule has 12 heteroatoms. The van der Waals surface area contributed by atoms with Gasteiger partial charge in [0.25, 0.3) is 11.8 Å². The molecule has 49 heavy (non-hydrogen) atoms. The average Bonchev–Trinajstić information content (AvgIpc) is 3.42. The molecule has 0 radical (unpaired) electrons. The van der Waals surface area contributed by atoms with E-state index < -0.39 is 52.3 Å². The Kier molecular flexibility index (Phi) is 11.0. The third-order valence-corrected chi connectivity index (χ3v) is 12.1. The van der Waals surface area contributed by atoms with Gasteiger partial charge in [0.1, 0.15) is 6.04 Å². The standard InChI is InChI=1S/C37H52BN3O7S/c1-8-9-10-24-11-13-26(14-12-24)34(43)40-29(22-39-33(42)25-15-17-28(18-16-25)49(7,45)46)35(44)41-32(19-23(2)3)38-47-31-21-27-20-30(36(27,4)5)37(31,6)48-38/h11-18,23,27,29-32H,8-10,19-22H2,1-7H3,(H,39,42)(H,40,43)(H,41,44)/t27-,29-,30-,31+,32-,37-/m0/s1. The molecule has 6 rings (SSSR count). The predicted octanol–water partition coefficient (Wildman–Crippen LogP) is 4.76. The molecule has 3 N–H and O–H groups in total. The van der Waals surface area contributed by atoms with Gasteiger partial charge in [0.05, 0.1) is 22.5 Å². The summed E-state index contributed by atoms with van der Waals surface area (Å²) in [5.74, 6) is -0.731. The minimum atomic E-state index is -3.43. The van der Waals surface area contributed by atoms with E-state index in [0.29, 0.717) is 23.8 Å². The lowest BCUT2D eigenvalue weighted by atomic mass is 9.43. The number of amides is 3. The van der Waals surface area contributed by atoms with Gasteiger partial charge < -0.3 is 25.3 Å². The largest absolute Gasteiger partial charge is 0.481 e. The van der Waals surface area contributed by atoms with Crippen molar-refractivity contribution in [2.45, 2.75) is 109 Å². The average molecular weight is 694 g/mol. The molecule has 10 nitrogen and oxygen atoms in total. The Morgan fingerprint density at radius 3 is 2.16 bits per heavy atom. The van der Waals surface area contributed by atoms with Crippen molar-refractivity contribution in [2.75, 3.05) is 12.8 Å². The van der Waals surface area contributed by atoms with E-state index in [-0.39, 0.29) is 34.4 Å². The topological polar surface area (TPSA) is 140 Å². The van der Waals surface area contributed by atoms with Crippen molar-refractivity contribution in [3.05, 3.63) is 65.2 Å². The van der Waals surface area contributed by atoms with Gasteiger partial charge in [0.15, 0.2) is 9.84 Å². The summed E-state index contributed by atoms with van der Waals surface area (Å²) >= 11 is 0. The van der Waals surface area contributed by atoms with Crippen molar-refractivity contribution in [2.24, 2.45) is 23.2 Å². The fourth-order valence-corrected chi connectivity index (χ4v) is 8.54. The van der Waals surface area contributed by atoms with Gasteiger partial charge in [0, 0.05) is 23.9 Å². The molecule has 1 aliphatic heterocycles. The second-order valence-corrected chi connectivity index (χ2v) is 17.4. The van der Waals surface area contributed by atoms with Crippen LogP contribution in [0, 0.1) is 23.2 Å². The molecule has 1 heterocycles. The molecule has 2 aromatic rings. The van der Waals surface area contributed by atoms with Crippen LogP contribution >= 0.6 is 0 Å². The summed E-state index contributed by atoms with van der Waals surface area (Å²) in [6.45, 7) is 12.8. The number of aryl methyl sites for hydroxylation is 1. The predicted molar refractivity (Wildman–Crippen MR) is 190 cm³/mol. The third kappa shape index (κ3) is 8.07. The Hall–Kier alpha value is -3.22. The van der Waals surface area contributed by atoms with Crippen molar-refractivity contribution in [3.63, 3.8) is 0 Å². The Balaban J connectivity index is 1.32. The highest BCUT2D eigenvalue weighted by atomic mass is 32.2. The van der Waals surface area contributed by atoms with Crippen molar-refractivity contribution in [1.82, 2.24) is 16.0 Å². The van der Waals surface area contributed by atoms with Gasteiger partial charge in [-0.25, -0.2) is 8.42 Å². The Bertz CT molecular complexity index is 1630. The van der Waals surface area contributed by atoms with Crippen molar-refractivity contribution >= 4 is 34.7 Å². The van der Waals surface area contributed by atoms with Crippen molar-refractivity contribution in [1.29, 1.82) is 0 Å². The quantitative estimate of drug-likeness (QED) is 0.243. The number of hydrogen-bond acceptors (Lipinski definition) is 7. The van der Waals surface area contributed by atoms with E-state index in [2.05, 4.69) is 57.5 Å². The minimum Gasteiger partial charge on any atom is -0.404 e. The van der Waals surface area contributed by atoms with Crippen LogP contribution in [0.4, 0.5) is 0 Å². The second kappa shape index (κ2) is 14.6. The van der Waals surface area contributed by atoms with Gasteiger partial charge in [-0.05, 0) is 104 Å². The Morgan fingerprint density at radius 2 is 1.57 bits per heavy atom. The summed E-state index contributed by atoms with van der Waals surface area (Å²) in [7, 11) is -4.07. The van der Waals surface area contributed by atoms with Crippen LogP contribution in [0.25, 0.3) is 0 Å². The highest BCUT2D eigenvalue weighted by molar-refractivity contribution is 7.90. The molecule has 1 saturated heterocycles. The lowest BCUT2D eigenvalue weighted by Crippen LogP contribution is -2.65. The van der Waals surface area contributed by atoms with E-state index in [9.17, 15) is 22.8 Å². The van der Waals surface area contributed by atoms with Crippen LogP contribution in [0.15, 0.2) is 53.4 Å². The number of carbonyl (C=O) groups excluding carboxylic acids is 3. The smallest absolute Gasteiger partial charge is 0.404 e. The van der Waals surface area contributed by atoms with E-state index in [1.165, 1.54) is 24.3 Å². The zero-order valence-corrected chi connectivity index (χ0v) is 30.7. The summed E-state index contributed by atoms with van der Waals surface area (Å²) in [6.07, 6.45) is 6.71. The zero-order chi connectivity index (χ0) is 35.7. The van der Waals surface area contributed by atoms with Crippen molar-refractivity contribution in [3.8, 4) is 0 Å². The third-order valence-electron chi connectivity index (χ3n) is 11.0. The van der Waals surface area contributed by atoms with Gasteiger partial charge in [-0.1, -0.05) is 53.2 Å². The summed E-state index contributed by atoms with van der Waals surface area (Å²) < 4.78 is 37.0. The first kappa shape index (κ1) is 37.1. The molecule has 4 fully saturated rings. The maximum Gasteiger partial charge on any atom is 0.481 e. The van der Waals surface area contributed by atoms with Crippen LogP contribution in [0.3, 0.4) is 0 Å². The SMILES string of the molecule is CCCCc1ccc(C(=O)N[C@@H](CNC(=O)c2ccc(S(C)(=O)=O)cc2)C(=O)N[C@@H](CC(C)C)B2O[C@@H]3C[C@@H]4C[C@@H](C4(C)C)[C@]3(C)O2)cc1. The monoisotopic (exact) mass is 693 g/mol. The zero-order valence-electron chi connectivity index (χ0n) is 29.9. The number of unbranched alkanes of at least 4 members (excludes halogenated alkanes) is 1. The van der Waals surface area contributed by atoms with Gasteiger partial charge in [-0.2, -0.15) is 0 Å². The fourth-order valence-electron chi connectivity index (χ4n) is 7.91. The number of hydrogen-bond donors (Lipinski definition) is 3. The first-order chi connectivity index (χ1) is 23.0. The number of nitrogens with one attached hydrogen (secondary N) is 3. The van der Waals surface area contributed by atoms with E-state index >= 15 is 0 Å². The van der Waals surface area contributed by atoms with Crippen molar-refractivity contribution < 1.29 is 32.1 Å². The van der Waals surface area contributed by atoms with Crippen LogP contribution < -0.4 is 16.0 Å². The van der Waals surface area contributed by atoms with E-state index in [4.69, 9.17) is 9.31 Å². The van der Waals surface area contributed by atoms with E-state index in [1.807, 2.05) is 12.1 Å². The molecule has 3 aliphatic carbocycles. The normalized spacial score (nSPS) is 25.1. The van der Waals surface area contributed by atoms with Crippen LogP contribution in [-0.4, -0.2) is 69.7 Å². The van der Waals surface area contributed by atoms with Gasteiger partial charge in [0.2, 0.25) is 5.91 Å². The molecule has 0 spiro atoms. The molecule has 0 aromatic heterocycles. The molecular weight excluding hydrogens is 641 g/mol. The second-order valence-electron chi connectivity index (χ2n) is 15.4. The number of benzene rings is 2. The number of carbonyl (C=O) groups is 3. The molecule has 2 bridgehead atoms. The van der Waals surface area contributed by atoms with Crippen LogP contribution in [-0.2, 0) is 30.4 Å². The first-order valence-electron chi connectivity index (χ1n) is 17.6. The molecular formula is C37H52BN3O7S. The number of sulfone groups is 1. The molecule has 6 atom stereocenters. The molecule has 3 amide bonds. The fraction of sp³-hybridized carbons (Fsp3) is 0.595. The molecule has 266 valence electrons. The lowest BCUT2D eigenvalue weighted by molar-refractivity contribution is -0.199. The van der Waals surface area contributed by atoms with E-state index in [0.717, 1.165) is 43.9 Å². The maximum absolute atomic E-state index is 14.1. The summed E-state index contributed by atoms with van der Waals surface area (Å²) in [6, 6.07) is 11.8. The van der Waals surface area contributed by atoms with Crippen LogP contribution in [0.2, 0.25) is 0 Å². The highest BCUT2D eigenvalue weighted by Crippen LogP contribution is 2.65.